The van der Waals surface area contributed by atoms with Crippen molar-refractivity contribution in [2.75, 3.05) is 0 Å². The molecule has 1 aliphatic carbocycles. The van der Waals surface area contributed by atoms with Gasteiger partial charge in [-0.1, -0.05) is 41.5 Å². The monoisotopic (exact) mass is 358 g/mol. The maximum atomic E-state index is 6.77. The molecule has 0 unspecified atom stereocenters. The van der Waals surface area contributed by atoms with Crippen molar-refractivity contribution in [3.05, 3.63) is 0 Å². The van der Waals surface area contributed by atoms with Crippen molar-refractivity contribution in [2.24, 2.45) is 0 Å². The van der Waals surface area contributed by atoms with Crippen molar-refractivity contribution < 1.29 is 13.6 Å². The van der Waals surface area contributed by atoms with Gasteiger partial charge in [0.15, 0.2) is 16.6 Å². The molecule has 0 radical (unpaired) electrons. The van der Waals surface area contributed by atoms with Gasteiger partial charge < -0.3 is 13.6 Å². The van der Waals surface area contributed by atoms with E-state index in [-0.39, 0.29) is 22.3 Å². The molecule has 0 amide bonds. The zero-order chi connectivity index (χ0) is 17.8. The van der Waals surface area contributed by atoms with Gasteiger partial charge in [0.2, 0.25) is 0 Å². The summed E-state index contributed by atoms with van der Waals surface area (Å²) in [6.45, 7) is 23.2. The number of hydrogen-bond donors (Lipinski definition) is 0. The quantitative estimate of drug-likeness (QED) is 0.503. The number of fused-ring (bicyclic) bond motifs is 1. The molecule has 0 N–H and O–H groups in total. The Bertz CT molecular complexity index is 395. The van der Waals surface area contributed by atoms with E-state index in [1.54, 1.807) is 0 Å². The third kappa shape index (κ3) is 4.29. The van der Waals surface area contributed by atoms with E-state index < -0.39 is 16.6 Å². The molecule has 136 valence electrons. The lowest BCUT2D eigenvalue weighted by molar-refractivity contribution is 0.0153. The highest BCUT2D eigenvalue weighted by Gasteiger charge is 2.53. The summed E-state index contributed by atoms with van der Waals surface area (Å²) < 4.78 is 19.3. The molecule has 1 saturated carbocycles. The number of hydrogen-bond acceptors (Lipinski definition) is 3. The molecule has 0 aromatic heterocycles. The minimum atomic E-state index is -1.79. The lowest BCUT2D eigenvalue weighted by atomic mass is 9.95. The molecule has 0 aromatic carbocycles. The van der Waals surface area contributed by atoms with Crippen LogP contribution in [0.3, 0.4) is 0 Å². The first-order valence-corrected chi connectivity index (χ1v) is 15.0. The SMILES string of the molecule is CC(C)(C)[Si](C)(C)O[C@H]1C[C@@H]2O[C@@H]2C[C@H]1O[Si](C)(C)C(C)(C)C. The average molecular weight is 359 g/mol. The van der Waals surface area contributed by atoms with Crippen molar-refractivity contribution in [2.45, 2.75) is 115 Å². The van der Waals surface area contributed by atoms with Crippen LogP contribution < -0.4 is 0 Å². The van der Waals surface area contributed by atoms with E-state index in [9.17, 15) is 0 Å². The number of ether oxygens (including phenoxy) is 1. The van der Waals surface area contributed by atoms with E-state index in [1.807, 2.05) is 0 Å². The molecule has 1 aliphatic heterocycles. The second kappa shape index (κ2) is 5.94. The minimum Gasteiger partial charge on any atom is -0.411 e. The van der Waals surface area contributed by atoms with Gasteiger partial charge in [0.05, 0.1) is 24.4 Å². The Labute approximate surface area is 145 Å². The summed E-state index contributed by atoms with van der Waals surface area (Å²) >= 11 is 0. The van der Waals surface area contributed by atoms with Gasteiger partial charge in [-0.25, -0.2) is 0 Å². The Kier molecular flexibility index (Phi) is 5.07. The summed E-state index contributed by atoms with van der Waals surface area (Å²) in [6.07, 6.45) is 3.27. The van der Waals surface area contributed by atoms with Crippen LogP contribution in [0.1, 0.15) is 54.4 Å². The maximum absolute atomic E-state index is 6.77. The van der Waals surface area contributed by atoms with Gasteiger partial charge in [-0.05, 0) is 36.3 Å². The van der Waals surface area contributed by atoms with Gasteiger partial charge in [-0.3, -0.25) is 0 Å². The normalized spacial score (nSPS) is 32.6. The van der Waals surface area contributed by atoms with E-state index >= 15 is 0 Å². The summed E-state index contributed by atoms with van der Waals surface area (Å²) in [5.74, 6) is 0. The highest BCUT2D eigenvalue weighted by molar-refractivity contribution is 6.74. The highest BCUT2D eigenvalue weighted by atomic mass is 28.4. The van der Waals surface area contributed by atoms with Crippen LogP contribution in [0.5, 0.6) is 0 Å². The van der Waals surface area contributed by atoms with Gasteiger partial charge >= 0.3 is 0 Å². The first-order chi connectivity index (χ1) is 10.1. The number of rotatable bonds is 4. The van der Waals surface area contributed by atoms with Crippen LogP contribution in [-0.2, 0) is 13.6 Å². The van der Waals surface area contributed by atoms with Gasteiger partial charge in [0, 0.05) is 12.8 Å². The second-order valence-electron chi connectivity index (χ2n) is 10.5. The van der Waals surface area contributed by atoms with Crippen LogP contribution in [0.15, 0.2) is 0 Å². The van der Waals surface area contributed by atoms with E-state index in [4.69, 9.17) is 13.6 Å². The van der Waals surface area contributed by atoms with Gasteiger partial charge in [-0.2, -0.15) is 0 Å². The predicted octanol–water partition coefficient (Wildman–Crippen LogP) is 5.33. The summed E-state index contributed by atoms with van der Waals surface area (Å²) in [4.78, 5) is 0. The molecule has 2 rings (SSSR count). The Morgan fingerprint density at radius 2 is 1.00 bits per heavy atom. The molecule has 5 heteroatoms. The van der Waals surface area contributed by atoms with Gasteiger partial charge in [0.1, 0.15) is 0 Å². The smallest absolute Gasteiger partial charge is 0.192 e. The largest absolute Gasteiger partial charge is 0.411 e. The zero-order valence-corrected chi connectivity index (χ0v) is 18.9. The fourth-order valence-electron chi connectivity index (χ4n) is 2.71. The molecule has 1 saturated heterocycles. The molecule has 2 fully saturated rings. The second-order valence-corrected chi connectivity index (χ2v) is 20.0. The van der Waals surface area contributed by atoms with Crippen molar-refractivity contribution in [3.8, 4) is 0 Å². The van der Waals surface area contributed by atoms with Crippen LogP contribution in [0.2, 0.25) is 36.3 Å². The molecule has 2 aliphatic rings. The molecule has 0 aromatic rings. The molecule has 3 nitrogen and oxygen atoms in total. The summed E-state index contributed by atoms with van der Waals surface area (Å²) in [6, 6.07) is 0. The van der Waals surface area contributed by atoms with Crippen molar-refractivity contribution in [1.29, 1.82) is 0 Å². The molecule has 23 heavy (non-hydrogen) atoms. The number of epoxide rings is 1. The first kappa shape index (κ1) is 19.6. The molecule has 0 bridgehead atoms. The fourth-order valence-corrected chi connectivity index (χ4v) is 5.43. The lowest BCUT2D eigenvalue weighted by Crippen LogP contribution is -2.53. The van der Waals surface area contributed by atoms with Crippen LogP contribution in [0, 0.1) is 0 Å². The van der Waals surface area contributed by atoms with Crippen molar-refractivity contribution in [1.82, 2.24) is 0 Å². The maximum Gasteiger partial charge on any atom is 0.192 e. The minimum absolute atomic E-state index is 0.203. The Morgan fingerprint density at radius 3 is 1.26 bits per heavy atom. The van der Waals surface area contributed by atoms with E-state index in [1.165, 1.54) is 0 Å². The van der Waals surface area contributed by atoms with Crippen LogP contribution in [0.25, 0.3) is 0 Å². The molecular weight excluding hydrogens is 320 g/mol. The molecular formula is C18H38O3Si2. The average Bonchev–Trinajstić information content (AvgIpc) is 3.03. The highest BCUT2D eigenvalue weighted by Crippen LogP contribution is 2.46. The van der Waals surface area contributed by atoms with Gasteiger partial charge in [0.25, 0.3) is 0 Å². The molecule has 0 spiro atoms. The standard InChI is InChI=1S/C18H38O3Si2/c1-17(2,3)22(7,8)20-15-11-13-14(19-13)12-16(15)21-23(9,10)18(4,5)6/h13-16H,11-12H2,1-10H3/t13-,14+,15-,16+. The molecule has 1 heterocycles. The Morgan fingerprint density at radius 1 is 0.696 bits per heavy atom. The van der Waals surface area contributed by atoms with Crippen molar-refractivity contribution >= 4 is 16.6 Å². The van der Waals surface area contributed by atoms with Crippen LogP contribution in [-0.4, -0.2) is 41.1 Å². The van der Waals surface area contributed by atoms with E-state index in [0.717, 1.165) is 12.8 Å². The van der Waals surface area contributed by atoms with Crippen LogP contribution in [0.4, 0.5) is 0 Å². The summed E-state index contributed by atoms with van der Waals surface area (Å²) in [7, 11) is -3.57. The van der Waals surface area contributed by atoms with Crippen LogP contribution >= 0.6 is 0 Å². The third-order valence-corrected chi connectivity index (χ3v) is 15.5. The Hall–Kier alpha value is 0.314. The molecule has 4 atom stereocenters. The first-order valence-electron chi connectivity index (χ1n) is 9.15. The van der Waals surface area contributed by atoms with Gasteiger partial charge in [-0.15, -0.1) is 0 Å². The summed E-state index contributed by atoms with van der Waals surface area (Å²) in [5.41, 5.74) is 0. The Balaban J connectivity index is 2.13. The topological polar surface area (TPSA) is 31.0 Å². The van der Waals surface area contributed by atoms with E-state index in [2.05, 4.69) is 67.7 Å². The summed E-state index contributed by atoms with van der Waals surface area (Å²) in [5, 5.41) is 0.464. The van der Waals surface area contributed by atoms with E-state index in [0.29, 0.717) is 12.2 Å². The van der Waals surface area contributed by atoms with Crippen molar-refractivity contribution in [3.63, 3.8) is 0 Å². The third-order valence-electron chi connectivity index (χ3n) is 6.54. The zero-order valence-electron chi connectivity index (χ0n) is 16.9. The lowest BCUT2D eigenvalue weighted by Gasteiger charge is -2.46. The fraction of sp³-hybridized carbons (Fsp3) is 1.00. The predicted molar refractivity (Wildman–Crippen MR) is 102 cm³/mol.